The molecule has 0 saturated carbocycles. The summed E-state index contributed by atoms with van der Waals surface area (Å²) in [7, 11) is 0. The van der Waals surface area contributed by atoms with E-state index in [0.29, 0.717) is 0 Å². The molecule has 3 rings (SSSR count). The second-order valence-corrected chi connectivity index (χ2v) is 5.02. The summed E-state index contributed by atoms with van der Waals surface area (Å²) in [4.78, 5) is 0. The number of hydrogen-bond acceptors (Lipinski definition) is 4. The Hall–Kier alpha value is -1.72. The second-order valence-electron chi connectivity index (χ2n) is 5.02. The first-order valence-electron chi connectivity index (χ1n) is 7.16. The lowest BCUT2D eigenvalue weighted by Crippen LogP contribution is -2.20. The fraction of sp³-hybridized carbons (Fsp3) is 0.467. The second kappa shape index (κ2) is 6.15. The summed E-state index contributed by atoms with van der Waals surface area (Å²) in [6, 6.07) is 8.49. The van der Waals surface area contributed by atoms with Crippen molar-refractivity contribution >= 4 is 0 Å². The van der Waals surface area contributed by atoms with E-state index >= 15 is 0 Å². The highest BCUT2D eigenvalue weighted by Crippen LogP contribution is 2.27. The van der Waals surface area contributed by atoms with E-state index in [1.54, 1.807) is 0 Å². The third-order valence-corrected chi connectivity index (χ3v) is 3.59. The van der Waals surface area contributed by atoms with Crippen LogP contribution in [0.15, 0.2) is 30.5 Å². The maximum atomic E-state index is 5.89. The predicted molar refractivity (Wildman–Crippen MR) is 76.2 cm³/mol. The summed E-state index contributed by atoms with van der Waals surface area (Å²) in [5.74, 6) is 0. The van der Waals surface area contributed by atoms with Crippen LogP contribution in [-0.2, 0) is 24.2 Å². The highest BCUT2D eigenvalue weighted by atomic mass is 16.5. The van der Waals surface area contributed by atoms with Gasteiger partial charge in [0.25, 0.3) is 0 Å². The SMILES string of the molecule is CCNCc1cn(CC2OCCc3ccccc32)nn1. The molecule has 1 aliphatic rings. The van der Waals surface area contributed by atoms with Gasteiger partial charge in [0.15, 0.2) is 0 Å². The Kier molecular flexibility index (Phi) is 4.08. The first-order valence-corrected chi connectivity index (χ1v) is 7.16. The molecule has 106 valence electrons. The predicted octanol–water partition coefficient (Wildman–Crippen LogP) is 1.70. The summed E-state index contributed by atoms with van der Waals surface area (Å²) in [6.45, 7) is 5.28. The van der Waals surface area contributed by atoms with Crippen LogP contribution in [0, 0.1) is 0 Å². The third-order valence-electron chi connectivity index (χ3n) is 3.59. The number of ether oxygens (including phenoxy) is 1. The number of hydrogen-bond donors (Lipinski definition) is 1. The van der Waals surface area contributed by atoms with Crippen molar-refractivity contribution in [3.8, 4) is 0 Å². The number of fused-ring (bicyclic) bond motifs is 1. The molecule has 2 heterocycles. The van der Waals surface area contributed by atoms with Crippen molar-refractivity contribution in [1.82, 2.24) is 20.3 Å². The minimum atomic E-state index is 0.0774. The van der Waals surface area contributed by atoms with Gasteiger partial charge < -0.3 is 10.1 Å². The lowest BCUT2D eigenvalue weighted by Gasteiger charge is -2.25. The smallest absolute Gasteiger partial charge is 0.102 e. The molecule has 1 unspecified atom stereocenters. The molecule has 20 heavy (non-hydrogen) atoms. The quantitative estimate of drug-likeness (QED) is 0.900. The molecule has 0 spiro atoms. The van der Waals surface area contributed by atoms with Gasteiger partial charge in [-0.1, -0.05) is 36.4 Å². The van der Waals surface area contributed by atoms with Gasteiger partial charge in [-0.15, -0.1) is 5.10 Å². The van der Waals surface area contributed by atoms with Gasteiger partial charge in [-0.2, -0.15) is 0 Å². The molecule has 1 aromatic heterocycles. The zero-order chi connectivity index (χ0) is 13.8. The van der Waals surface area contributed by atoms with Crippen molar-refractivity contribution in [2.75, 3.05) is 13.2 Å². The van der Waals surface area contributed by atoms with Crippen molar-refractivity contribution < 1.29 is 4.74 Å². The first kappa shape index (κ1) is 13.3. The Balaban J connectivity index is 1.71. The van der Waals surface area contributed by atoms with Gasteiger partial charge >= 0.3 is 0 Å². The van der Waals surface area contributed by atoms with Gasteiger partial charge in [0.05, 0.1) is 18.8 Å². The molecule has 1 N–H and O–H groups in total. The molecule has 2 aromatic rings. The van der Waals surface area contributed by atoms with Crippen molar-refractivity contribution in [1.29, 1.82) is 0 Å². The van der Waals surface area contributed by atoms with Crippen LogP contribution in [0.4, 0.5) is 0 Å². The maximum absolute atomic E-state index is 5.89. The van der Waals surface area contributed by atoms with E-state index < -0.39 is 0 Å². The molecule has 0 bridgehead atoms. The average Bonchev–Trinajstić information content (AvgIpc) is 2.93. The molecule has 0 radical (unpaired) electrons. The Morgan fingerprint density at radius 3 is 3.20 bits per heavy atom. The number of nitrogens with zero attached hydrogens (tertiary/aromatic N) is 3. The lowest BCUT2D eigenvalue weighted by molar-refractivity contribution is 0.0279. The summed E-state index contributed by atoms with van der Waals surface area (Å²) >= 11 is 0. The largest absolute Gasteiger partial charge is 0.371 e. The zero-order valence-corrected chi connectivity index (χ0v) is 11.7. The van der Waals surface area contributed by atoms with E-state index in [1.807, 2.05) is 10.9 Å². The van der Waals surface area contributed by atoms with Crippen LogP contribution in [0.5, 0.6) is 0 Å². The standard InChI is InChI=1S/C15H20N4O/c1-2-16-9-13-10-19(18-17-13)11-15-14-6-4-3-5-12(14)7-8-20-15/h3-6,10,15-16H,2,7-9,11H2,1H3. The van der Waals surface area contributed by atoms with Crippen molar-refractivity contribution in [2.24, 2.45) is 0 Å². The van der Waals surface area contributed by atoms with Crippen molar-refractivity contribution in [3.63, 3.8) is 0 Å². The summed E-state index contributed by atoms with van der Waals surface area (Å²) in [5, 5.41) is 11.6. The molecule has 0 aliphatic carbocycles. The van der Waals surface area contributed by atoms with E-state index in [1.165, 1.54) is 11.1 Å². The molecule has 5 nitrogen and oxygen atoms in total. The van der Waals surface area contributed by atoms with Crippen LogP contribution >= 0.6 is 0 Å². The van der Waals surface area contributed by atoms with E-state index in [2.05, 4.69) is 46.8 Å². The van der Waals surface area contributed by atoms with E-state index in [9.17, 15) is 0 Å². The molecule has 0 amide bonds. The van der Waals surface area contributed by atoms with E-state index in [-0.39, 0.29) is 6.10 Å². The average molecular weight is 272 g/mol. The monoisotopic (exact) mass is 272 g/mol. The summed E-state index contributed by atoms with van der Waals surface area (Å²) in [5.41, 5.74) is 3.63. The fourth-order valence-electron chi connectivity index (χ4n) is 2.56. The zero-order valence-electron chi connectivity index (χ0n) is 11.7. The normalized spacial score (nSPS) is 17.9. The van der Waals surface area contributed by atoms with E-state index in [4.69, 9.17) is 4.74 Å². The molecule has 1 aliphatic heterocycles. The minimum Gasteiger partial charge on any atom is -0.371 e. The van der Waals surface area contributed by atoms with Crippen molar-refractivity contribution in [2.45, 2.75) is 32.5 Å². The Morgan fingerprint density at radius 2 is 2.30 bits per heavy atom. The highest BCUT2D eigenvalue weighted by Gasteiger charge is 2.21. The summed E-state index contributed by atoms with van der Waals surface area (Å²) in [6.07, 6.45) is 3.06. The molecule has 1 atom stereocenters. The van der Waals surface area contributed by atoms with Crippen LogP contribution in [-0.4, -0.2) is 28.1 Å². The molecule has 0 saturated heterocycles. The topological polar surface area (TPSA) is 52.0 Å². The Morgan fingerprint density at radius 1 is 1.40 bits per heavy atom. The van der Waals surface area contributed by atoms with Gasteiger partial charge in [-0.05, 0) is 24.1 Å². The molecular formula is C15H20N4O. The number of nitrogens with one attached hydrogen (secondary N) is 1. The Bertz CT molecular complexity index is 567. The van der Waals surface area contributed by atoms with Gasteiger partial charge in [0, 0.05) is 12.7 Å². The van der Waals surface area contributed by atoms with Crippen molar-refractivity contribution in [3.05, 3.63) is 47.3 Å². The van der Waals surface area contributed by atoms with Gasteiger partial charge in [-0.3, -0.25) is 0 Å². The van der Waals surface area contributed by atoms with Gasteiger partial charge in [0.2, 0.25) is 0 Å². The first-order chi connectivity index (χ1) is 9.86. The molecule has 1 aromatic carbocycles. The van der Waals surface area contributed by atoms with Crippen LogP contribution in [0.25, 0.3) is 0 Å². The van der Waals surface area contributed by atoms with Gasteiger partial charge in [-0.25, -0.2) is 4.68 Å². The number of rotatable bonds is 5. The minimum absolute atomic E-state index is 0.0774. The number of benzene rings is 1. The molecule has 0 fully saturated rings. The fourth-order valence-corrected chi connectivity index (χ4v) is 2.56. The molecular weight excluding hydrogens is 252 g/mol. The maximum Gasteiger partial charge on any atom is 0.102 e. The van der Waals surface area contributed by atoms with Crippen LogP contribution in [0.1, 0.15) is 29.8 Å². The van der Waals surface area contributed by atoms with Crippen LogP contribution in [0.3, 0.4) is 0 Å². The van der Waals surface area contributed by atoms with E-state index in [0.717, 1.165) is 38.4 Å². The van der Waals surface area contributed by atoms with Crippen LogP contribution in [0.2, 0.25) is 0 Å². The van der Waals surface area contributed by atoms with Crippen LogP contribution < -0.4 is 5.32 Å². The van der Waals surface area contributed by atoms with Gasteiger partial charge in [0.1, 0.15) is 6.10 Å². The number of aromatic nitrogens is 3. The lowest BCUT2D eigenvalue weighted by atomic mass is 9.98. The summed E-state index contributed by atoms with van der Waals surface area (Å²) < 4.78 is 7.77. The molecule has 5 heteroatoms. The Labute approximate surface area is 118 Å². The third kappa shape index (κ3) is 2.89. The highest BCUT2D eigenvalue weighted by molar-refractivity contribution is 5.30.